The van der Waals surface area contributed by atoms with Crippen LogP contribution in [0.15, 0.2) is 152 Å². The highest BCUT2D eigenvalue weighted by atomic mass is 19.1. The Morgan fingerprint density at radius 1 is 0.319 bits per heavy atom. The molecule has 0 saturated carbocycles. The molecule has 0 aliphatic carbocycles. The summed E-state index contributed by atoms with van der Waals surface area (Å²) in [4.78, 5) is 0. The van der Waals surface area contributed by atoms with Crippen molar-refractivity contribution in [3.8, 4) is 17.1 Å². The van der Waals surface area contributed by atoms with E-state index in [9.17, 15) is 8.78 Å². The fourth-order valence-electron chi connectivity index (χ4n) is 7.68. The van der Waals surface area contributed by atoms with Crippen molar-refractivity contribution in [1.29, 1.82) is 0 Å². The molecule has 222 valence electrons. The molecule has 3 nitrogen and oxygen atoms in total. The van der Waals surface area contributed by atoms with E-state index in [-0.39, 0.29) is 11.6 Å². The molecule has 0 N–H and O–H groups in total. The Morgan fingerprint density at radius 3 is 1.09 bits per heavy atom. The van der Waals surface area contributed by atoms with Gasteiger partial charge in [0.05, 0.1) is 33.1 Å². The highest BCUT2D eigenvalue weighted by Gasteiger charge is 2.25. The smallest absolute Gasteiger partial charge is 0.123 e. The van der Waals surface area contributed by atoms with Crippen LogP contribution in [0.1, 0.15) is 0 Å². The molecule has 3 aromatic heterocycles. The van der Waals surface area contributed by atoms with E-state index in [1.165, 1.54) is 12.1 Å². The molecular formula is C42H25F2N3. The molecule has 0 spiro atoms. The lowest BCUT2D eigenvalue weighted by atomic mass is 10.0. The van der Waals surface area contributed by atoms with Crippen molar-refractivity contribution in [2.45, 2.75) is 0 Å². The lowest BCUT2D eigenvalue weighted by Gasteiger charge is -2.11. The summed E-state index contributed by atoms with van der Waals surface area (Å²) in [5, 5.41) is 5.73. The molecule has 0 radical (unpaired) electrons. The van der Waals surface area contributed by atoms with Crippen molar-refractivity contribution in [2.75, 3.05) is 0 Å². The number of fused-ring (bicyclic) bond motifs is 11. The van der Waals surface area contributed by atoms with Gasteiger partial charge in [-0.05, 0) is 84.9 Å². The second-order valence-corrected chi connectivity index (χ2v) is 12.0. The number of halogens is 2. The van der Waals surface area contributed by atoms with Gasteiger partial charge in [-0.3, -0.25) is 0 Å². The van der Waals surface area contributed by atoms with Gasteiger partial charge in [0.1, 0.15) is 11.6 Å². The molecule has 0 aliphatic rings. The first-order valence-corrected chi connectivity index (χ1v) is 15.7. The van der Waals surface area contributed by atoms with E-state index in [1.54, 1.807) is 12.1 Å². The highest BCUT2D eigenvalue weighted by molar-refractivity contribution is 6.33. The van der Waals surface area contributed by atoms with E-state index in [0.717, 1.165) is 82.5 Å². The van der Waals surface area contributed by atoms with Gasteiger partial charge < -0.3 is 13.7 Å². The second-order valence-electron chi connectivity index (χ2n) is 12.0. The molecule has 0 unspecified atom stereocenters. The van der Waals surface area contributed by atoms with Crippen LogP contribution in [-0.2, 0) is 0 Å². The predicted molar refractivity (Wildman–Crippen MR) is 189 cm³/mol. The van der Waals surface area contributed by atoms with E-state index in [1.807, 2.05) is 54.6 Å². The number of nitrogens with zero attached hydrogens (tertiary/aromatic N) is 3. The van der Waals surface area contributed by atoms with Crippen molar-refractivity contribution < 1.29 is 8.78 Å². The average Bonchev–Trinajstić information content (AvgIpc) is 3.74. The minimum Gasteiger partial charge on any atom is -0.309 e. The monoisotopic (exact) mass is 609 g/mol. The summed E-state index contributed by atoms with van der Waals surface area (Å²) in [6, 6.07) is 49.5. The molecule has 5 heteroatoms. The molecule has 0 aliphatic heterocycles. The molecule has 0 atom stereocenters. The van der Waals surface area contributed by atoms with E-state index in [0.29, 0.717) is 0 Å². The van der Waals surface area contributed by atoms with Crippen LogP contribution in [0.25, 0.3) is 82.5 Å². The van der Waals surface area contributed by atoms with Gasteiger partial charge in [0.15, 0.2) is 0 Å². The Balaban J connectivity index is 1.55. The first kappa shape index (κ1) is 26.1. The third-order valence-corrected chi connectivity index (χ3v) is 9.51. The highest BCUT2D eigenvalue weighted by Crippen LogP contribution is 2.46. The molecule has 10 aromatic rings. The summed E-state index contributed by atoms with van der Waals surface area (Å²) in [7, 11) is 0. The maximum absolute atomic E-state index is 14.9. The van der Waals surface area contributed by atoms with Crippen LogP contribution in [0.3, 0.4) is 0 Å². The van der Waals surface area contributed by atoms with Crippen LogP contribution < -0.4 is 0 Å². The SMILES string of the molecule is Fc1ccc2c(c1)c1ccc3c(c4c(ccc5c6cc(F)ccc6n(-c6ccccc6)c54)n3-c3ccccc3)c1n2-c1ccccc1. The van der Waals surface area contributed by atoms with Crippen LogP contribution in [0.5, 0.6) is 0 Å². The minimum absolute atomic E-state index is 0.273. The number of para-hydroxylation sites is 3. The largest absolute Gasteiger partial charge is 0.309 e. The van der Waals surface area contributed by atoms with Crippen LogP contribution in [0, 0.1) is 11.6 Å². The molecule has 0 bridgehead atoms. The fourth-order valence-corrected chi connectivity index (χ4v) is 7.68. The van der Waals surface area contributed by atoms with Gasteiger partial charge in [-0.2, -0.15) is 0 Å². The van der Waals surface area contributed by atoms with Crippen LogP contribution >= 0.6 is 0 Å². The quantitative estimate of drug-likeness (QED) is 0.189. The number of aromatic nitrogens is 3. The molecule has 47 heavy (non-hydrogen) atoms. The van der Waals surface area contributed by atoms with Gasteiger partial charge in [-0.15, -0.1) is 0 Å². The molecule has 7 aromatic carbocycles. The Bertz CT molecular complexity index is 2670. The van der Waals surface area contributed by atoms with Crippen LogP contribution in [-0.4, -0.2) is 13.7 Å². The maximum Gasteiger partial charge on any atom is 0.123 e. The molecule has 0 saturated heterocycles. The topological polar surface area (TPSA) is 14.8 Å². The fraction of sp³-hybridized carbons (Fsp3) is 0. The lowest BCUT2D eigenvalue weighted by Crippen LogP contribution is -1.95. The summed E-state index contributed by atoms with van der Waals surface area (Å²) in [5.41, 5.74) is 8.93. The third-order valence-electron chi connectivity index (χ3n) is 9.51. The summed E-state index contributed by atoms with van der Waals surface area (Å²) in [5.74, 6) is -0.546. The second kappa shape index (κ2) is 9.65. The first-order valence-electron chi connectivity index (χ1n) is 15.7. The summed E-state index contributed by atoms with van der Waals surface area (Å²) >= 11 is 0. The Morgan fingerprint density at radius 2 is 0.681 bits per heavy atom. The van der Waals surface area contributed by atoms with E-state index in [4.69, 9.17) is 0 Å². The normalized spacial score (nSPS) is 12.0. The maximum atomic E-state index is 14.9. The van der Waals surface area contributed by atoms with Gasteiger partial charge in [0.25, 0.3) is 0 Å². The predicted octanol–water partition coefficient (Wildman–Crippen LogP) is 11.3. The van der Waals surface area contributed by atoms with Gasteiger partial charge >= 0.3 is 0 Å². The number of rotatable bonds is 3. The Kier molecular flexibility index (Phi) is 5.35. The lowest BCUT2D eigenvalue weighted by molar-refractivity contribution is 0.629. The number of benzene rings is 7. The van der Waals surface area contributed by atoms with Crippen molar-refractivity contribution in [3.63, 3.8) is 0 Å². The van der Waals surface area contributed by atoms with Crippen molar-refractivity contribution >= 4 is 65.4 Å². The number of hydrogen-bond donors (Lipinski definition) is 0. The van der Waals surface area contributed by atoms with Gasteiger partial charge in [-0.25, -0.2) is 8.78 Å². The third kappa shape index (κ3) is 3.59. The molecule has 10 rings (SSSR count). The zero-order valence-electron chi connectivity index (χ0n) is 25.0. The molecule has 3 heterocycles. The van der Waals surface area contributed by atoms with E-state index < -0.39 is 0 Å². The van der Waals surface area contributed by atoms with Gasteiger partial charge in [0.2, 0.25) is 0 Å². The van der Waals surface area contributed by atoms with Crippen LogP contribution in [0.4, 0.5) is 8.78 Å². The van der Waals surface area contributed by atoms with E-state index >= 15 is 0 Å². The zero-order valence-corrected chi connectivity index (χ0v) is 25.0. The van der Waals surface area contributed by atoms with Crippen molar-refractivity contribution in [3.05, 3.63) is 163 Å². The van der Waals surface area contributed by atoms with Crippen molar-refractivity contribution in [2.24, 2.45) is 0 Å². The van der Waals surface area contributed by atoms with Gasteiger partial charge in [-0.1, -0.05) is 66.7 Å². The van der Waals surface area contributed by atoms with Crippen LogP contribution in [0.2, 0.25) is 0 Å². The summed E-state index contributed by atoms with van der Waals surface area (Å²) in [6.45, 7) is 0. The average molecular weight is 610 g/mol. The zero-order chi connectivity index (χ0) is 31.2. The molecule has 0 fully saturated rings. The van der Waals surface area contributed by atoms with E-state index in [2.05, 4.69) is 86.5 Å². The summed E-state index contributed by atoms with van der Waals surface area (Å²) in [6.07, 6.45) is 0. The molecule has 0 amide bonds. The van der Waals surface area contributed by atoms with Gasteiger partial charge in [0, 0.05) is 49.4 Å². The standard InChI is InChI=1S/C42H25F2N3/c43-26-16-20-35-33(24-26)31-18-22-37-39(41(31)46(35)29-12-6-2-7-13-29)40-38(45(37)28-10-4-1-5-11-28)23-19-32-34-25-27(44)17-21-36(34)47(42(32)40)30-14-8-3-9-15-30/h1-25H. The minimum atomic E-state index is -0.273. The first-order chi connectivity index (χ1) is 23.2. The summed E-state index contributed by atoms with van der Waals surface area (Å²) < 4.78 is 36.7. The van der Waals surface area contributed by atoms with Crippen molar-refractivity contribution in [1.82, 2.24) is 13.7 Å². The number of hydrogen-bond acceptors (Lipinski definition) is 0. The Labute approximate surface area is 267 Å². The molecular weight excluding hydrogens is 584 g/mol. The Hall–Kier alpha value is -6.20.